The molecule has 0 spiro atoms. The Hall–Kier alpha value is -3.13. The van der Waals surface area contributed by atoms with E-state index in [2.05, 4.69) is 0 Å². The van der Waals surface area contributed by atoms with Gasteiger partial charge in [0.15, 0.2) is 0 Å². The van der Waals surface area contributed by atoms with Crippen LogP contribution in [0, 0.1) is 11.3 Å². The Morgan fingerprint density at radius 2 is 1.41 bits per heavy atom. The van der Waals surface area contributed by atoms with Crippen molar-refractivity contribution < 1.29 is 19.1 Å². The Morgan fingerprint density at radius 3 is 1.91 bits per heavy atom. The van der Waals surface area contributed by atoms with E-state index in [1.165, 1.54) is 0 Å². The van der Waals surface area contributed by atoms with Gasteiger partial charge in [0.25, 0.3) is 0 Å². The van der Waals surface area contributed by atoms with Gasteiger partial charge in [0, 0.05) is 0 Å². The predicted molar refractivity (Wildman–Crippen MR) is 78.0 cm³/mol. The molecule has 0 amide bonds. The molecule has 0 heterocycles. The highest BCUT2D eigenvalue weighted by Crippen LogP contribution is 2.06. The van der Waals surface area contributed by atoms with Gasteiger partial charge < -0.3 is 9.47 Å². The summed E-state index contributed by atoms with van der Waals surface area (Å²) in [6, 6.07) is 18.5. The van der Waals surface area contributed by atoms with Crippen molar-refractivity contribution >= 4 is 11.9 Å². The topological polar surface area (TPSA) is 76.4 Å². The highest BCUT2D eigenvalue weighted by atomic mass is 16.6. The molecule has 0 bridgehead atoms. The highest BCUT2D eigenvalue weighted by Gasteiger charge is 2.17. The number of nitrogens with zero attached hydrogens (tertiary/aromatic N) is 1. The first-order chi connectivity index (χ1) is 10.7. The molecule has 0 fully saturated rings. The van der Waals surface area contributed by atoms with E-state index < -0.39 is 18.0 Å². The van der Waals surface area contributed by atoms with Crippen molar-refractivity contribution in [1.82, 2.24) is 0 Å². The first kappa shape index (κ1) is 15.3. The Morgan fingerprint density at radius 1 is 0.909 bits per heavy atom. The maximum absolute atomic E-state index is 11.8. The summed E-state index contributed by atoms with van der Waals surface area (Å²) in [6.07, 6.45) is -1.15. The Balaban J connectivity index is 1.89. The maximum atomic E-state index is 11.8. The summed E-state index contributed by atoms with van der Waals surface area (Å²) in [7, 11) is 0. The van der Waals surface area contributed by atoms with E-state index in [1.54, 1.807) is 66.7 Å². The van der Waals surface area contributed by atoms with Gasteiger partial charge in [0.05, 0.1) is 11.1 Å². The van der Waals surface area contributed by atoms with E-state index >= 15 is 0 Å². The molecule has 0 saturated carbocycles. The molecule has 0 aliphatic heterocycles. The molecular weight excluding hydrogens is 282 g/mol. The molecule has 0 N–H and O–H groups in total. The highest BCUT2D eigenvalue weighted by molar-refractivity contribution is 5.90. The summed E-state index contributed by atoms with van der Waals surface area (Å²) in [5.74, 6) is -1.21. The molecule has 0 aromatic heterocycles. The number of hydrogen-bond donors (Lipinski definition) is 0. The molecule has 1 atom stereocenters. The van der Waals surface area contributed by atoms with Gasteiger partial charge in [-0.1, -0.05) is 36.4 Å². The van der Waals surface area contributed by atoms with E-state index in [0.29, 0.717) is 11.1 Å². The van der Waals surface area contributed by atoms with Crippen LogP contribution in [-0.2, 0) is 9.47 Å². The third kappa shape index (κ3) is 4.18. The second kappa shape index (κ2) is 7.60. The lowest BCUT2D eigenvalue weighted by Crippen LogP contribution is -2.24. The van der Waals surface area contributed by atoms with Crippen LogP contribution >= 0.6 is 0 Å². The lowest BCUT2D eigenvalue weighted by Gasteiger charge is -2.11. The number of nitriles is 1. The lowest BCUT2D eigenvalue weighted by molar-refractivity contribution is 0.0130. The van der Waals surface area contributed by atoms with Crippen LogP contribution in [0.1, 0.15) is 20.7 Å². The lowest BCUT2D eigenvalue weighted by atomic mass is 10.2. The van der Waals surface area contributed by atoms with Crippen LogP contribution < -0.4 is 0 Å². The van der Waals surface area contributed by atoms with Crippen LogP contribution in [0.4, 0.5) is 0 Å². The van der Waals surface area contributed by atoms with Crippen LogP contribution in [0.5, 0.6) is 0 Å². The van der Waals surface area contributed by atoms with Gasteiger partial charge >= 0.3 is 11.9 Å². The summed E-state index contributed by atoms with van der Waals surface area (Å²) < 4.78 is 9.97. The van der Waals surface area contributed by atoms with Crippen LogP contribution in [0.15, 0.2) is 60.7 Å². The summed E-state index contributed by atoms with van der Waals surface area (Å²) in [6.45, 7) is -0.317. The molecule has 2 aromatic carbocycles. The third-order valence-corrected chi connectivity index (χ3v) is 2.78. The van der Waals surface area contributed by atoms with Gasteiger partial charge in [0.1, 0.15) is 12.7 Å². The van der Waals surface area contributed by atoms with E-state index in [0.717, 1.165) is 0 Å². The number of carbonyl (C=O) groups excluding carboxylic acids is 2. The Labute approximate surface area is 127 Å². The number of rotatable bonds is 5. The zero-order valence-corrected chi connectivity index (χ0v) is 11.6. The van der Waals surface area contributed by atoms with Crippen molar-refractivity contribution in [2.24, 2.45) is 0 Å². The Kier molecular flexibility index (Phi) is 5.27. The molecular formula is C17H13NO4. The fraction of sp³-hybridized carbons (Fsp3) is 0.118. The summed E-state index contributed by atoms with van der Waals surface area (Å²) >= 11 is 0. The average molecular weight is 295 g/mol. The fourth-order valence-electron chi connectivity index (χ4n) is 1.68. The van der Waals surface area contributed by atoms with Crippen LogP contribution in [0.3, 0.4) is 0 Å². The smallest absolute Gasteiger partial charge is 0.339 e. The number of hydrogen-bond acceptors (Lipinski definition) is 5. The molecule has 5 nitrogen and oxygen atoms in total. The molecule has 2 aromatic rings. The molecule has 1 unspecified atom stereocenters. The standard InChI is InChI=1S/C17H13NO4/c18-11-15(22-17(20)14-9-5-2-6-10-14)12-21-16(19)13-7-3-1-4-8-13/h1-10,15H,12H2. The largest absolute Gasteiger partial charge is 0.457 e. The van der Waals surface area contributed by atoms with E-state index in [9.17, 15) is 9.59 Å². The SMILES string of the molecule is N#CC(COC(=O)c1ccccc1)OC(=O)c1ccccc1. The minimum Gasteiger partial charge on any atom is -0.457 e. The van der Waals surface area contributed by atoms with E-state index in [-0.39, 0.29) is 6.61 Å². The number of esters is 2. The van der Waals surface area contributed by atoms with E-state index in [4.69, 9.17) is 14.7 Å². The molecule has 0 aliphatic rings. The number of carbonyl (C=O) groups is 2. The van der Waals surface area contributed by atoms with Crippen molar-refractivity contribution in [2.45, 2.75) is 6.10 Å². The second-order valence-electron chi connectivity index (χ2n) is 4.35. The van der Waals surface area contributed by atoms with Gasteiger partial charge in [0.2, 0.25) is 6.10 Å². The molecule has 0 radical (unpaired) electrons. The number of benzene rings is 2. The molecule has 5 heteroatoms. The first-order valence-electron chi connectivity index (χ1n) is 6.58. The zero-order valence-electron chi connectivity index (χ0n) is 11.6. The maximum Gasteiger partial charge on any atom is 0.339 e. The zero-order chi connectivity index (χ0) is 15.8. The minimum absolute atomic E-state index is 0.317. The van der Waals surface area contributed by atoms with Crippen LogP contribution in [-0.4, -0.2) is 24.6 Å². The number of ether oxygens (including phenoxy) is 2. The van der Waals surface area contributed by atoms with E-state index in [1.807, 2.05) is 0 Å². The molecule has 2 rings (SSSR count). The quantitative estimate of drug-likeness (QED) is 0.792. The minimum atomic E-state index is -1.15. The molecule has 22 heavy (non-hydrogen) atoms. The second-order valence-corrected chi connectivity index (χ2v) is 4.35. The summed E-state index contributed by atoms with van der Waals surface area (Å²) in [4.78, 5) is 23.6. The fourth-order valence-corrected chi connectivity index (χ4v) is 1.68. The molecule has 110 valence electrons. The van der Waals surface area contributed by atoms with Crippen molar-refractivity contribution in [3.05, 3.63) is 71.8 Å². The van der Waals surface area contributed by atoms with Gasteiger partial charge in [-0.25, -0.2) is 9.59 Å². The van der Waals surface area contributed by atoms with Crippen molar-refractivity contribution in [3.8, 4) is 6.07 Å². The molecule has 0 saturated heterocycles. The summed E-state index contributed by atoms with van der Waals surface area (Å²) in [5.41, 5.74) is 0.700. The van der Waals surface area contributed by atoms with Crippen LogP contribution in [0.2, 0.25) is 0 Å². The molecule has 0 aliphatic carbocycles. The monoisotopic (exact) mass is 295 g/mol. The average Bonchev–Trinajstić information content (AvgIpc) is 2.59. The van der Waals surface area contributed by atoms with Gasteiger partial charge in [-0.05, 0) is 24.3 Å². The van der Waals surface area contributed by atoms with Crippen molar-refractivity contribution in [2.75, 3.05) is 6.61 Å². The summed E-state index contributed by atoms with van der Waals surface area (Å²) in [5, 5.41) is 8.99. The van der Waals surface area contributed by atoms with Gasteiger partial charge in [-0.15, -0.1) is 0 Å². The predicted octanol–water partition coefficient (Wildman–Crippen LogP) is 2.59. The third-order valence-electron chi connectivity index (χ3n) is 2.78. The normalized spacial score (nSPS) is 11.0. The first-order valence-corrected chi connectivity index (χ1v) is 6.58. The van der Waals surface area contributed by atoms with Crippen molar-refractivity contribution in [1.29, 1.82) is 5.26 Å². The Bertz CT molecular complexity index is 677. The van der Waals surface area contributed by atoms with Crippen molar-refractivity contribution in [3.63, 3.8) is 0 Å². The van der Waals surface area contributed by atoms with Crippen LogP contribution in [0.25, 0.3) is 0 Å². The van der Waals surface area contributed by atoms with Gasteiger partial charge in [-0.3, -0.25) is 0 Å². The van der Waals surface area contributed by atoms with Gasteiger partial charge in [-0.2, -0.15) is 5.26 Å².